The Bertz CT molecular complexity index is 772. The van der Waals surface area contributed by atoms with Crippen molar-refractivity contribution in [1.82, 2.24) is 14.9 Å². The van der Waals surface area contributed by atoms with Gasteiger partial charge in [0.15, 0.2) is 22.3 Å². The van der Waals surface area contributed by atoms with Crippen LogP contribution in [0.1, 0.15) is 23.0 Å². The molecule has 0 saturated heterocycles. The molecule has 0 saturated carbocycles. The van der Waals surface area contributed by atoms with E-state index in [-0.39, 0.29) is 23.4 Å². The molecule has 0 fully saturated rings. The first-order valence-corrected chi connectivity index (χ1v) is 8.97. The zero-order valence-electron chi connectivity index (χ0n) is 13.3. The Balaban J connectivity index is 1.82. The predicted octanol–water partition coefficient (Wildman–Crippen LogP) is 3.24. The topological polar surface area (TPSA) is 64.6 Å². The van der Waals surface area contributed by atoms with Gasteiger partial charge in [-0.25, -0.2) is 9.97 Å². The Morgan fingerprint density at radius 1 is 1.38 bits per heavy atom. The third-order valence-electron chi connectivity index (χ3n) is 3.59. The van der Waals surface area contributed by atoms with Crippen molar-refractivity contribution in [2.45, 2.75) is 18.6 Å². The molecule has 1 aromatic heterocycles. The zero-order chi connectivity index (χ0) is 17.1. The fourth-order valence-electron chi connectivity index (χ4n) is 2.34. The van der Waals surface area contributed by atoms with Crippen molar-refractivity contribution < 1.29 is 14.3 Å². The van der Waals surface area contributed by atoms with Gasteiger partial charge in [-0.1, -0.05) is 29.4 Å². The molecule has 0 unspecified atom stereocenters. The molecule has 0 aliphatic carbocycles. The third-order valence-corrected chi connectivity index (χ3v) is 4.42. The molecule has 126 valence electrons. The molecule has 2 heterocycles. The lowest BCUT2D eigenvalue weighted by Gasteiger charge is -2.21. The van der Waals surface area contributed by atoms with Crippen molar-refractivity contribution in [2.24, 2.45) is 0 Å². The van der Waals surface area contributed by atoms with Gasteiger partial charge in [0.25, 0.3) is 5.91 Å². The summed E-state index contributed by atoms with van der Waals surface area (Å²) >= 11 is 7.47. The number of hydrogen-bond donors (Lipinski definition) is 0. The van der Waals surface area contributed by atoms with E-state index in [9.17, 15) is 4.79 Å². The summed E-state index contributed by atoms with van der Waals surface area (Å²) in [5.41, 5.74) is 1.17. The molecular formula is C16H16ClN3O3S. The SMILES string of the molecule is CCN(Cc1ccc2c(c1)OCO2)C(=O)c1nc(SC)ncc1Cl. The van der Waals surface area contributed by atoms with Crippen LogP contribution in [-0.4, -0.2) is 40.4 Å². The molecule has 24 heavy (non-hydrogen) atoms. The van der Waals surface area contributed by atoms with Crippen LogP contribution in [-0.2, 0) is 6.54 Å². The minimum absolute atomic E-state index is 0.221. The van der Waals surface area contributed by atoms with E-state index in [1.807, 2.05) is 31.4 Å². The van der Waals surface area contributed by atoms with Crippen LogP contribution < -0.4 is 9.47 Å². The minimum Gasteiger partial charge on any atom is -0.454 e. The number of carbonyl (C=O) groups excluding carboxylic acids is 1. The van der Waals surface area contributed by atoms with E-state index in [1.165, 1.54) is 18.0 Å². The summed E-state index contributed by atoms with van der Waals surface area (Å²) in [4.78, 5) is 22.8. The van der Waals surface area contributed by atoms with Crippen LogP contribution in [0.2, 0.25) is 5.02 Å². The number of nitrogens with zero attached hydrogens (tertiary/aromatic N) is 3. The number of carbonyl (C=O) groups is 1. The molecule has 0 N–H and O–H groups in total. The summed E-state index contributed by atoms with van der Waals surface area (Å²) in [5.74, 6) is 1.19. The Morgan fingerprint density at radius 3 is 2.92 bits per heavy atom. The quantitative estimate of drug-likeness (QED) is 0.598. The summed E-state index contributed by atoms with van der Waals surface area (Å²) < 4.78 is 10.7. The summed E-state index contributed by atoms with van der Waals surface area (Å²) in [6, 6.07) is 5.64. The first-order chi connectivity index (χ1) is 11.6. The van der Waals surface area contributed by atoms with Gasteiger partial charge < -0.3 is 14.4 Å². The van der Waals surface area contributed by atoms with Gasteiger partial charge in [-0.05, 0) is 30.9 Å². The molecule has 1 amide bonds. The first-order valence-electron chi connectivity index (χ1n) is 7.36. The Kier molecular flexibility index (Phi) is 5.11. The van der Waals surface area contributed by atoms with Crippen LogP contribution in [0.4, 0.5) is 0 Å². The molecule has 2 aromatic rings. The van der Waals surface area contributed by atoms with Crippen LogP contribution in [0, 0.1) is 0 Å². The van der Waals surface area contributed by atoms with Gasteiger partial charge in [0.2, 0.25) is 6.79 Å². The van der Waals surface area contributed by atoms with Crippen LogP contribution in [0.15, 0.2) is 29.6 Å². The Hall–Kier alpha value is -1.99. The Morgan fingerprint density at radius 2 is 2.17 bits per heavy atom. The van der Waals surface area contributed by atoms with Crippen molar-refractivity contribution in [3.05, 3.63) is 40.7 Å². The molecule has 0 bridgehead atoms. The number of ether oxygens (including phenoxy) is 2. The minimum atomic E-state index is -0.224. The largest absolute Gasteiger partial charge is 0.454 e. The van der Waals surface area contributed by atoms with E-state index in [4.69, 9.17) is 21.1 Å². The maximum absolute atomic E-state index is 12.8. The first kappa shape index (κ1) is 16.9. The normalized spacial score (nSPS) is 12.3. The summed E-state index contributed by atoms with van der Waals surface area (Å²) in [6.07, 6.45) is 3.31. The summed E-state index contributed by atoms with van der Waals surface area (Å²) in [7, 11) is 0. The van der Waals surface area contributed by atoms with Gasteiger partial charge in [-0.2, -0.15) is 0 Å². The Labute approximate surface area is 149 Å². The van der Waals surface area contributed by atoms with E-state index in [0.717, 1.165) is 11.3 Å². The van der Waals surface area contributed by atoms with Gasteiger partial charge in [0.1, 0.15) is 0 Å². The lowest BCUT2D eigenvalue weighted by molar-refractivity contribution is 0.0745. The van der Waals surface area contributed by atoms with Gasteiger partial charge >= 0.3 is 0 Å². The third kappa shape index (κ3) is 3.42. The zero-order valence-corrected chi connectivity index (χ0v) is 14.9. The number of thioether (sulfide) groups is 1. The fraction of sp³-hybridized carbons (Fsp3) is 0.312. The molecule has 0 radical (unpaired) electrons. The molecule has 8 heteroatoms. The average molecular weight is 366 g/mol. The smallest absolute Gasteiger partial charge is 0.274 e. The number of benzene rings is 1. The number of amides is 1. The van der Waals surface area contributed by atoms with E-state index in [0.29, 0.717) is 24.0 Å². The predicted molar refractivity (Wildman–Crippen MR) is 91.8 cm³/mol. The van der Waals surface area contributed by atoms with Crippen molar-refractivity contribution in [3.63, 3.8) is 0 Å². The number of halogens is 1. The molecule has 0 atom stereocenters. The maximum atomic E-state index is 12.8. The van der Waals surface area contributed by atoms with Crippen molar-refractivity contribution in [1.29, 1.82) is 0 Å². The maximum Gasteiger partial charge on any atom is 0.274 e. The average Bonchev–Trinajstić information content (AvgIpc) is 3.07. The van der Waals surface area contributed by atoms with Crippen LogP contribution in [0.5, 0.6) is 11.5 Å². The van der Waals surface area contributed by atoms with E-state index in [2.05, 4.69) is 9.97 Å². The summed E-state index contributed by atoms with van der Waals surface area (Å²) in [5, 5.41) is 0.767. The number of rotatable bonds is 5. The van der Waals surface area contributed by atoms with Crippen molar-refractivity contribution >= 4 is 29.3 Å². The molecule has 1 aromatic carbocycles. The molecule has 1 aliphatic rings. The second kappa shape index (κ2) is 7.27. The van der Waals surface area contributed by atoms with E-state index >= 15 is 0 Å². The highest BCUT2D eigenvalue weighted by Gasteiger charge is 2.21. The second-order valence-electron chi connectivity index (χ2n) is 5.06. The monoisotopic (exact) mass is 365 g/mol. The lowest BCUT2D eigenvalue weighted by Crippen LogP contribution is -2.31. The van der Waals surface area contributed by atoms with Crippen LogP contribution >= 0.6 is 23.4 Å². The molecule has 1 aliphatic heterocycles. The molecule has 6 nitrogen and oxygen atoms in total. The lowest BCUT2D eigenvalue weighted by atomic mass is 10.2. The van der Waals surface area contributed by atoms with Crippen molar-refractivity contribution in [2.75, 3.05) is 19.6 Å². The number of fused-ring (bicyclic) bond motifs is 1. The van der Waals surface area contributed by atoms with Crippen LogP contribution in [0.3, 0.4) is 0 Å². The fourth-order valence-corrected chi connectivity index (χ4v) is 2.85. The highest BCUT2D eigenvalue weighted by molar-refractivity contribution is 7.98. The van der Waals surface area contributed by atoms with E-state index in [1.54, 1.807) is 4.90 Å². The standard InChI is InChI=1S/C16H16ClN3O3S/c1-3-20(8-10-4-5-12-13(6-10)23-9-22-12)15(21)14-11(17)7-18-16(19-14)24-2/h4-7H,3,8-9H2,1-2H3. The van der Waals surface area contributed by atoms with Gasteiger partial charge in [-0.3, -0.25) is 4.79 Å². The molecular weight excluding hydrogens is 350 g/mol. The van der Waals surface area contributed by atoms with Gasteiger partial charge in [0, 0.05) is 13.1 Å². The van der Waals surface area contributed by atoms with Crippen LogP contribution in [0.25, 0.3) is 0 Å². The molecule has 0 spiro atoms. The highest BCUT2D eigenvalue weighted by Crippen LogP contribution is 2.33. The van der Waals surface area contributed by atoms with Gasteiger partial charge in [0.05, 0.1) is 11.2 Å². The highest BCUT2D eigenvalue weighted by atomic mass is 35.5. The summed E-state index contributed by atoms with van der Waals surface area (Å²) in [6.45, 7) is 3.10. The van der Waals surface area contributed by atoms with Gasteiger partial charge in [-0.15, -0.1) is 0 Å². The number of aromatic nitrogens is 2. The number of hydrogen-bond acceptors (Lipinski definition) is 6. The van der Waals surface area contributed by atoms with E-state index < -0.39 is 0 Å². The molecule has 3 rings (SSSR count). The van der Waals surface area contributed by atoms with Crippen molar-refractivity contribution in [3.8, 4) is 11.5 Å². The second-order valence-corrected chi connectivity index (χ2v) is 6.24.